The van der Waals surface area contributed by atoms with Crippen LogP contribution in [0.5, 0.6) is 11.5 Å². The molecule has 1 aliphatic heterocycles. The summed E-state index contributed by atoms with van der Waals surface area (Å²) in [5.74, 6) is 1.15. The predicted molar refractivity (Wildman–Crippen MR) is 119 cm³/mol. The number of amides is 1. The molecule has 0 unspecified atom stereocenters. The lowest BCUT2D eigenvalue weighted by atomic mass is 10.1. The van der Waals surface area contributed by atoms with Gasteiger partial charge in [-0.2, -0.15) is 0 Å². The first-order valence-corrected chi connectivity index (χ1v) is 9.85. The zero-order valence-corrected chi connectivity index (χ0v) is 17.0. The van der Waals surface area contributed by atoms with E-state index < -0.39 is 0 Å². The molecule has 1 heterocycles. The Kier molecular flexibility index (Phi) is 5.55. The normalized spacial score (nSPS) is 14.9. The Hall–Kier alpha value is -3.57. The summed E-state index contributed by atoms with van der Waals surface area (Å²) in [5.41, 5.74) is 2.53. The van der Waals surface area contributed by atoms with Gasteiger partial charge in [-0.25, -0.2) is 4.99 Å². The van der Waals surface area contributed by atoms with Crippen LogP contribution in [0.25, 0.3) is 6.08 Å². The second-order valence-electron chi connectivity index (χ2n) is 6.63. The first-order valence-electron chi connectivity index (χ1n) is 9.48. The van der Waals surface area contributed by atoms with E-state index >= 15 is 0 Å². The van der Waals surface area contributed by atoms with E-state index in [4.69, 9.17) is 16.3 Å². The number of hydrogen-bond acceptors (Lipinski definition) is 4. The van der Waals surface area contributed by atoms with Crippen LogP contribution in [0.4, 0.5) is 5.69 Å². The summed E-state index contributed by atoms with van der Waals surface area (Å²) in [4.78, 5) is 19.4. The molecule has 0 aromatic heterocycles. The van der Waals surface area contributed by atoms with E-state index in [1.54, 1.807) is 30.3 Å². The lowest BCUT2D eigenvalue weighted by molar-refractivity contribution is -0.113. The second-order valence-corrected chi connectivity index (χ2v) is 7.07. The Morgan fingerprint density at radius 2 is 1.67 bits per heavy atom. The average Bonchev–Trinajstić information content (AvgIpc) is 3.07. The molecule has 3 aromatic carbocycles. The number of aromatic hydroxyl groups is 1. The highest BCUT2D eigenvalue weighted by molar-refractivity contribution is 6.34. The zero-order valence-electron chi connectivity index (χ0n) is 16.2. The number of nitrogens with zero attached hydrogens (tertiary/aromatic N) is 2. The van der Waals surface area contributed by atoms with Gasteiger partial charge in [0.25, 0.3) is 5.91 Å². The van der Waals surface area contributed by atoms with Crippen LogP contribution < -0.4 is 9.64 Å². The van der Waals surface area contributed by atoms with E-state index in [2.05, 4.69) is 4.99 Å². The summed E-state index contributed by atoms with van der Waals surface area (Å²) in [5, 5.41) is 10.2. The van der Waals surface area contributed by atoms with Gasteiger partial charge in [0.1, 0.15) is 23.0 Å². The van der Waals surface area contributed by atoms with Gasteiger partial charge in [-0.05, 0) is 79.2 Å². The smallest absolute Gasteiger partial charge is 0.282 e. The van der Waals surface area contributed by atoms with Gasteiger partial charge in [0.05, 0.1) is 12.3 Å². The third-order valence-corrected chi connectivity index (χ3v) is 4.82. The Bertz CT molecular complexity index is 1120. The van der Waals surface area contributed by atoms with Crippen molar-refractivity contribution in [2.75, 3.05) is 11.5 Å². The van der Waals surface area contributed by atoms with Crippen LogP contribution in [0.3, 0.4) is 0 Å². The van der Waals surface area contributed by atoms with Crippen LogP contribution in [0, 0.1) is 0 Å². The summed E-state index contributed by atoms with van der Waals surface area (Å²) in [6, 6.07) is 21.1. The first-order chi connectivity index (χ1) is 14.5. The molecule has 6 heteroatoms. The zero-order chi connectivity index (χ0) is 21.1. The summed E-state index contributed by atoms with van der Waals surface area (Å²) >= 11 is 6.02. The van der Waals surface area contributed by atoms with Gasteiger partial charge >= 0.3 is 0 Å². The van der Waals surface area contributed by atoms with Crippen LogP contribution in [0.15, 0.2) is 83.5 Å². The average molecular weight is 419 g/mol. The molecule has 0 fully saturated rings. The summed E-state index contributed by atoms with van der Waals surface area (Å²) in [6.07, 6.45) is 1.74. The van der Waals surface area contributed by atoms with Crippen molar-refractivity contribution >= 4 is 35.1 Å². The van der Waals surface area contributed by atoms with Gasteiger partial charge in [0.15, 0.2) is 0 Å². The van der Waals surface area contributed by atoms with Crippen LogP contribution in [0.2, 0.25) is 5.02 Å². The van der Waals surface area contributed by atoms with Crippen molar-refractivity contribution in [2.45, 2.75) is 6.92 Å². The molecule has 150 valence electrons. The number of anilines is 1. The van der Waals surface area contributed by atoms with Crippen molar-refractivity contribution in [3.63, 3.8) is 0 Å². The third kappa shape index (κ3) is 4.07. The van der Waals surface area contributed by atoms with Crippen molar-refractivity contribution in [1.82, 2.24) is 0 Å². The Labute approximate surface area is 179 Å². The molecule has 0 saturated heterocycles. The maximum Gasteiger partial charge on any atom is 0.282 e. The maximum atomic E-state index is 13.2. The number of hydrogen-bond donors (Lipinski definition) is 1. The summed E-state index contributed by atoms with van der Waals surface area (Å²) < 4.78 is 5.47. The van der Waals surface area contributed by atoms with E-state index in [1.807, 2.05) is 43.3 Å². The minimum Gasteiger partial charge on any atom is -0.508 e. The van der Waals surface area contributed by atoms with Gasteiger partial charge < -0.3 is 9.84 Å². The molecule has 30 heavy (non-hydrogen) atoms. The molecule has 1 N–H and O–H groups in total. The molecular formula is C24H19ClN2O3. The first kappa shape index (κ1) is 19.7. The molecule has 1 amide bonds. The number of amidine groups is 1. The van der Waals surface area contributed by atoms with Crippen molar-refractivity contribution < 1.29 is 14.6 Å². The van der Waals surface area contributed by atoms with E-state index in [9.17, 15) is 9.90 Å². The fourth-order valence-electron chi connectivity index (χ4n) is 3.14. The molecule has 0 saturated carbocycles. The molecular weight excluding hydrogens is 400 g/mol. The molecule has 0 radical (unpaired) electrons. The molecule has 5 nitrogen and oxygen atoms in total. The monoisotopic (exact) mass is 418 g/mol. The number of aliphatic imine (C=N–C) groups is 1. The molecule has 0 aliphatic carbocycles. The number of phenolic OH excluding ortho intramolecular Hbond substituents is 1. The van der Waals surface area contributed by atoms with Crippen LogP contribution in [0.1, 0.15) is 18.1 Å². The summed E-state index contributed by atoms with van der Waals surface area (Å²) in [7, 11) is 0. The molecule has 4 rings (SSSR count). The number of carbonyl (C=O) groups excluding carboxylic acids is 1. The minimum atomic E-state index is -0.250. The number of benzene rings is 3. The molecule has 0 bridgehead atoms. The largest absolute Gasteiger partial charge is 0.508 e. The number of halogens is 1. The van der Waals surface area contributed by atoms with Gasteiger partial charge in [-0.15, -0.1) is 0 Å². The van der Waals surface area contributed by atoms with E-state index in [0.717, 1.165) is 16.9 Å². The van der Waals surface area contributed by atoms with Gasteiger partial charge in [-0.3, -0.25) is 9.69 Å². The maximum absolute atomic E-state index is 13.2. The van der Waals surface area contributed by atoms with Crippen molar-refractivity contribution in [2.24, 2.45) is 4.99 Å². The fraction of sp³-hybridized carbons (Fsp3) is 0.0833. The molecule has 0 atom stereocenters. The highest BCUT2D eigenvalue weighted by Crippen LogP contribution is 2.29. The van der Waals surface area contributed by atoms with E-state index in [1.165, 1.54) is 17.0 Å². The van der Waals surface area contributed by atoms with E-state index in [-0.39, 0.29) is 11.7 Å². The highest BCUT2D eigenvalue weighted by Gasteiger charge is 2.32. The molecule has 3 aromatic rings. The lowest BCUT2D eigenvalue weighted by Crippen LogP contribution is -2.32. The van der Waals surface area contributed by atoms with Crippen LogP contribution in [-0.2, 0) is 4.79 Å². The van der Waals surface area contributed by atoms with Gasteiger partial charge in [-0.1, -0.05) is 23.7 Å². The van der Waals surface area contributed by atoms with Gasteiger partial charge in [0.2, 0.25) is 0 Å². The third-order valence-electron chi connectivity index (χ3n) is 4.57. The lowest BCUT2D eigenvalue weighted by Gasteiger charge is -2.18. The number of rotatable bonds is 5. The molecule has 0 spiro atoms. The fourth-order valence-corrected chi connectivity index (χ4v) is 3.26. The predicted octanol–water partition coefficient (Wildman–Crippen LogP) is 5.28. The van der Waals surface area contributed by atoms with Gasteiger partial charge in [0, 0.05) is 10.6 Å². The Morgan fingerprint density at radius 3 is 2.30 bits per heavy atom. The number of phenols is 1. The topological polar surface area (TPSA) is 62.1 Å². The SMILES string of the molecule is CCOc1ccc(/C=C2/N=C(c3ccc(Cl)cc3)N(c3ccc(O)cc3)C2=O)cc1. The Balaban J connectivity index is 1.75. The molecule has 1 aliphatic rings. The van der Waals surface area contributed by atoms with E-state index in [0.29, 0.717) is 28.8 Å². The van der Waals surface area contributed by atoms with Crippen LogP contribution in [-0.4, -0.2) is 23.5 Å². The van der Waals surface area contributed by atoms with Crippen molar-refractivity contribution in [1.29, 1.82) is 0 Å². The highest BCUT2D eigenvalue weighted by atomic mass is 35.5. The van der Waals surface area contributed by atoms with Crippen LogP contribution >= 0.6 is 11.6 Å². The number of ether oxygens (including phenoxy) is 1. The minimum absolute atomic E-state index is 0.125. The van der Waals surface area contributed by atoms with Crippen molar-refractivity contribution in [3.8, 4) is 11.5 Å². The quantitative estimate of drug-likeness (QED) is 0.573. The second kappa shape index (κ2) is 8.43. The van der Waals surface area contributed by atoms with Crippen molar-refractivity contribution in [3.05, 3.63) is 94.6 Å². The Morgan fingerprint density at radius 1 is 1.00 bits per heavy atom. The number of carbonyl (C=O) groups is 1. The standard InChI is InChI=1S/C24H19ClN2O3/c1-2-30-21-13-3-16(4-14-21)15-22-24(29)27(19-9-11-20(28)12-10-19)23(26-22)17-5-7-18(25)8-6-17/h3-15,28H,2H2,1H3/b22-15+. The summed E-state index contributed by atoms with van der Waals surface area (Å²) in [6.45, 7) is 2.52.